The zero-order valence-electron chi connectivity index (χ0n) is 14.6. The van der Waals surface area contributed by atoms with Crippen LogP contribution in [-0.2, 0) is 0 Å². The predicted molar refractivity (Wildman–Crippen MR) is 105 cm³/mol. The lowest BCUT2D eigenvalue weighted by molar-refractivity contribution is 0.765. The van der Waals surface area contributed by atoms with Gasteiger partial charge in [-0.15, -0.1) is 0 Å². The van der Waals surface area contributed by atoms with Gasteiger partial charge in [0.25, 0.3) is 0 Å². The molecule has 1 nitrogen and oxygen atoms in total. The summed E-state index contributed by atoms with van der Waals surface area (Å²) in [6.07, 6.45) is 6.80. The summed E-state index contributed by atoms with van der Waals surface area (Å²) < 4.78 is 3.89. The smallest absolute Gasteiger partial charge is 0.168 e. The molecular formula is C18H30INSi. The van der Waals surface area contributed by atoms with Gasteiger partial charge in [0.15, 0.2) is 8.24 Å². The highest BCUT2D eigenvalue weighted by molar-refractivity contribution is 14.1. The van der Waals surface area contributed by atoms with Crippen molar-refractivity contribution in [3.8, 4) is 11.8 Å². The zero-order chi connectivity index (χ0) is 16.2. The normalized spacial score (nSPS) is 12.1. The zero-order valence-corrected chi connectivity index (χ0v) is 17.8. The molecule has 0 aromatic carbocycles. The maximum atomic E-state index is 3.37. The first-order valence-electron chi connectivity index (χ1n) is 8.15. The summed E-state index contributed by atoms with van der Waals surface area (Å²) >= 11 is 2.44. The molecular weight excluding hydrogens is 385 g/mol. The lowest BCUT2D eigenvalue weighted by atomic mass is 10.3. The maximum Gasteiger partial charge on any atom is 0.168 e. The molecule has 0 saturated heterocycles. The second kappa shape index (κ2) is 7.87. The molecule has 1 heterocycles. The van der Waals surface area contributed by atoms with Crippen molar-refractivity contribution in [2.24, 2.45) is 0 Å². The summed E-state index contributed by atoms with van der Waals surface area (Å²) in [5.41, 5.74) is 3.37. The fourth-order valence-electron chi connectivity index (χ4n) is 3.92. The van der Waals surface area contributed by atoms with E-state index in [-0.39, 0.29) is 0 Å². The van der Waals surface area contributed by atoms with Crippen LogP contribution in [0.3, 0.4) is 0 Å². The minimum absolute atomic E-state index is 0.720. The van der Waals surface area contributed by atoms with Crippen molar-refractivity contribution in [1.82, 2.24) is 4.23 Å². The van der Waals surface area contributed by atoms with E-state index < -0.39 is 8.24 Å². The van der Waals surface area contributed by atoms with E-state index in [1.165, 1.54) is 9.13 Å². The molecule has 0 bridgehead atoms. The van der Waals surface area contributed by atoms with E-state index in [1.54, 1.807) is 0 Å². The van der Waals surface area contributed by atoms with Gasteiger partial charge in [-0.3, -0.25) is 0 Å². The first-order chi connectivity index (χ1) is 9.78. The lowest BCUT2D eigenvalue weighted by Crippen LogP contribution is -2.51. The molecule has 0 aliphatic rings. The number of hydrogen-bond donors (Lipinski definition) is 0. The van der Waals surface area contributed by atoms with Crippen LogP contribution >= 0.6 is 22.6 Å². The maximum absolute atomic E-state index is 3.37. The average molecular weight is 415 g/mol. The lowest BCUT2D eigenvalue weighted by Gasteiger charge is -2.44. The number of rotatable bonds is 5. The van der Waals surface area contributed by atoms with Crippen LogP contribution in [0.5, 0.6) is 0 Å². The summed E-state index contributed by atoms with van der Waals surface area (Å²) in [5.74, 6) is 6.66. The molecule has 0 aliphatic carbocycles. The highest BCUT2D eigenvalue weighted by Crippen LogP contribution is 2.43. The second-order valence-corrected chi connectivity index (χ2v) is 13.7. The van der Waals surface area contributed by atoms with Gasteiger partial charge in [0.05, 0.1) is 5.56 Å². The first kappa shape index (κ1) is 18.8. The molecule has 1 aromatic rings. The summed E-state index contributed by atoms with van der Waals surface area (Å²) in [6.45, 7) is 16.6. The van der Waals surface area contributed by atoms with Crippen molar-refractivity contribution in [1.29, 1.82) is 0 Å². The van der Waals surface area contributed by atoms with E-state index in [0.29, 0.717) is 0 Å². The number of unbranched alkanes of at least 4 members (excludes halogenated alkanes) is 1. The van der Waals surface area contributed by atoms with Gasteiger partial charge >= 0.3 is 0 Å². The van der Waals surface area contributed by atoms with Gasteiger partial charge in [0, 0.05) is 22.4 Å². The minimum Gasteiger partial charge on any atom is -0.378 e. The Kier molecular flexibility index (Phi) is 7.06. The molecule has 0 fully saturated rings. The number of nitrogens with zero attached hydrogens (tertiary/aromatic N) is 1. The van der Waals surface area contributed by atoms with Crippen molar-refractivity contribution in [2.75, 3.05) is 0 Å². The summed E-state index contributed by atoms with van der Waals surface area (Å²) in [6, 6.07) is 0. The van der Waals surface area contributed by atoms with E-state index in [2.05, 4.69) is 99.5 Å². The first-order valence-corrected chi connectivity index (χ1v) is 11.4. The van der Waals surface area contributed by atoms with E-state index in [0.717, 1.165) is 29.5 Å². The van der Waals surface area contributed by atoms with Crippen molar-refractivity contribution in [3.05, 3.63) is 21.5 Å². The van der Waals surface area contributed by atoms with Gasteiger partial charge < -0.3 is 4.23 Å². The van der Waals surface area contributed by atoms with Crippen LogP contribution in [0, 0.1) is 15.4 Å². The van der Waals surface area contributed by atoms with Crippen LogP contribution in [0.4, 0.5) is 0 Å². The third-order valence-corrected chi connectivity index (χ3v) is 12.2. The van der Waals surface area contributed by atoms with E-state index in [9.17, 15) is 0 Å². The summed E-state index contributed by atoms with van der Waals surface area (Å²) in [4.78, 5) is 0. The molecule has 1 aromatic heterocycles. The van der Waals surface area contributed by atoms with Crippen molar-refractivity contribution < 1.29 is 0 Å². The Morgan fingerprint density at radius 1 is 1.05 bits per heavy atom. The van der Waals surface area contributed by atoms with E-state index in [1.807, 2.05) is 0 Å². The Hall–Kier alpha value is -0.213. The van der Waals surface area contributed by atoms with Crippen molar-refractivity contribution in [3.63, 3.8) is 0 Å². The summed E-state index contributed by atoms with van der Waals surface area (Å²) in [7, 11) is -1.62. The van der Waals surface area contributed by atoms with Crippen LogP contribution in [-0.4, -0.2) is 12.5 Å². The Bertz CT molecular complexity index is 495. The molecule has 118 valence electrons. The van der Waals surface area contributed by atoms with Crippen molar-refractivity contribution >= 4 is 30.8 Å². The largest absolute Gasteiger partial charge is 0.378 e. The number of hydrogen-bond acceptors (Lipinski definition) is 0. The molecule has 0 atom stereocenters. The molecule has 0 amide bonds. The third-order valence-electron chi connectivity index (χ3n) is 4.60. The fourth-order valence-corrected chi connectivity index (χ4v) is 11.3. The Balaban J connectivity index is 3.35. The predicted octanol–water partition coefficient (Wildman–Crippen LogP) is 6.27. The molecule has 0 aliphatic heterocycles. The van der Waals surface area contributed by atoms with E-state index in [4.69, 9.17) is 0 Å². The van der Waals surface area contributed by atoms with Gasteiger partial charge in [-0.1, -0.05) is 60.3 Å². The van der Waals surface area contributed by atoms with Crippen LogP contribution in [0.2, 0.25) is 16.6 Å². The van der Waals surface area contributed by atoms with Crippen LogP contribution in [0.15, 0.2) is 12.4 Å². The molecule has 0 saturated carbocycles. The van der Waals surface area contributed by atoms with Gasteiger partial charge in [-0.25, -0.2) is 0 Å². The average Bonchev–Trinajstić information content (AvgIpc) is 2.70. The van der Waals surface area contributed by atoms with Crippen molar-refractivity contribution in [2.45, 2.75) is 77.9 Å². The molecule has 1 rings (SSSR count). The quantitative estimate of drug-likeness (QED) is 0.304. The minimum atomic E-state index is -1.62. The SMILES string of the molecule is CCCC#Cc1cn([Si](C(C)C)(C(C)C)C(C)C)cc1I. The van der Waals surface area contributed by atoms with Crippen LogP contribution < -0.4 is 0 Å². The monoisotopic (exact) mass is 415 g/mol. The molecule has 21 heavy (non-hydrogen) atoms. The fraction of sp³-hybridized carbons (Fsp3) is 0.667. The highest BCUT2D eigenvalue weighted by Gasteiger charge is 2.45. The molecule has 0 N–H and O–H groups in total. The second-order valence-electron chi connectivity index (χ2n) is 6.83. The number of halogens is 1. The van der Waals surface area contributed by atoms with E-state index >= 15 is 0 Å². The topological polar surface area (TPSA) is 4.93 Å². The highest BCUT2D eigenvalue weighted by atomic mass is 127. The number of aromatic nitrogens is 1. The standard InChI is InChI=1S/C18H30INSi/c1-8-9-10-11-17-12-20(13-18(17)19)21(14(2)3,15(4)5)16(6)7/h12-16H,8-9H2,1-7H3. The molecule has 0 radical (unpaired) electrons. The molecule has 3 heteroatoms. The summed E-state index contributed by atoms with van der Waals surface area (Å²) in [5, 5.41) is 0. The third kappa shape index (κ3) is 3.76. The van der Waals surface area contributed by atoms with Crippen LogP contribution in [0.25, 0.3) is 0 Å². The Labute approximate surface area is 146 Å². The molecule has 0 spiro atoms. The Morgan fingerprint density at radius 2 is 1.57 bits per heavy atom. The van der Waals surface area contributed by atoms with Crippen LogP contribution in [0.1, 0.15) is 66.9 Å². The molecule has 0 unspecified atom stereocenters. The van der Waals surface area contributed by atoms with Gasteiger partial charge in [0.2, 0.25) is 0 Å². The Morgan fingerprint density at radius 3 is 2.00 bits per heavy atom. The van der Waals surface area contributed by atoms with Gasteiger partial charge in [-0.2, -0.15) is 0 Å². The van der Waals surface area contributed by atoms with Gasteiger partial charge in [0.1, 0.15) is 0 Å². The van der Waals surface area contributed by atoms with Gasteiger partial charge in [-0.05, 0) is 45.6 Å².